The minimum atomic E-state index is -0.608. The van der Waals surface area contributed by atoms with E-state index < -0.39 is 6.10 Å². The van der Waals surface area contributed by atoms with Crippen molar-refractivity contribution in [2.24, 2.45) is 0 Å². The minimum absolute atomic E-state index is 0.124. The topological polar surface area (TPSA) is 83.3 Å². The molecule has 0 aliphatic carbocycles. The Labute approximate surface area is 146 Å². The normalized spacial score (nSPS) is 13.6. The second kappa shape index (κ2) is 8.00. The van der Waals surface area contributed by atoms with Crippen molar-refractivity contribution in [1.82, 2.24) is 15.5 Å². The predicted molar refractivity (Wildman–Crippen MR) is 95.2 cm³/mol. The zero-order valence-electron chi connectivity index (χ0n) is 14.4. The average Bonchev–Trinajstić information content (AvgIpc) is 3.31. The summed E-state index contributed by atoms with van der Waals surface area (Å²) in [5, 5.41) is 20.8. The second-order valence-corrected chi connectivity index (χ2v) is 6.05. The Hall–Kier alpha value is -2.57. The number of aromatic nitrogens is 2. The summed E-state index contributed by atoms with van der Waals surface area (Å²) < 4.78 is 10.4. The van der Waals surface area contributed by atoms with E-state index in [-0.39, 0.29) is 6.04 Å². The highest BCUT2D eigenvalue weighted by molar-refractivity contribution is 5.63. The van der Waals surface area contributed by atoms with Gasteiger partial charge in [-0.15, -0.1) is 0 Å². The van der Waals surface area contributed by atoms with Gasteiger partial charge in [0.2, 0.25) is 0 Å². The summed E-state index contributed by atoms with van der Waals surface area (Å²) in [6.07, 6.45) is 3.36. The number of aliphatic hydroxyl groups is 1. The highest BCUT2D eigenvalue weighted by Gasteiger charge is 2.15. The molecule has 0 bridgehead atoms. The van der Waals surface area contributed by atoms with E-state index in [1.807, 2.05) is 37.4 Å². The number of aliphatic hydroxyl groups excluding tert-OH is 1. The van der Waals surface area contributed by atoms with E-state index in [4.69, 9.17) is 9.15 Å². The fourth-order valence-electron chi connectivity index (χ4n) is 2.75. The van der Waals surface area contributed by atoms with E-state index >= 15 is 0 Å². The predicted octanol–water partition coefficient (Wildman–Crippen LogP) is 3.28. The molecule has 6 heteroatoms. The molecule has 2 aromatic heterocycles. The standard InChI is InChI=1S/C19H23N3O3/c1-13(10-17(23)18-4-3-9-25-18)20-11-15-12-21-22-19(15)14-5-7-16(24-2)8-6-14/h3-9,12-13,17,20,23H,10-11H2,1-2H3,(H,21,22). The van der Waals surface area contributed by atoms with Gasteiger partial charge in [-0.1, -0.05) is 0 Å². The molecule has 3 rings (SSSR count). The van der Waals surface area contributed by atoms with Crippen molar-refractivity contribution in [1.29, 1.82) is 0 Å². The molecular formula is C19H23N3O3. The number of furan rings is 1. The van der Waals surface area contributed by atoms with Crippen LogP contribution in [0.5, 0.6) is 5.75 Å². The molecule has 0 saturated heterocycles. The lowest BCUT2D eigenvalue weighted by Crippen LogP contribution is -2.27. The molecular weight excluding hydrogens is 318 g/mol. The molecule has 0 aliphatic rings. The zero-order chi connectivity index (χ0) is 17.6. The SMILES string of the molecule is COc1ccc(-c2[nH]ncc2CNC(C)CC(O)c2ccco2)cc1. The van der Waals surface area contributed by atoms with E-state index in [1.165, 1.54) is 0 Å². The van der Waals surface area contributed by atoms with E-state index in [1.54, 1.807) is 25.5 Å². The molecule has 0 saturated carbocycles. The first kappa shape index (κ1) is 17.3. The first-order valence-electron chi connectivity index (χ1n) is 8.29. The molecule has 2 heterocycles. The van der Waals surface area contributed by atoms with Gasteiger partial charge in [-0.2, -0.15) is 5.10 Å². The maximum Gasteiger partial charge on any atom is 0.132 e. The quantitative estimate of drug-likeness (QED) is 0.586. The van der Waals surface area contributed by atoms with Crippen LogP contribution in [0.1, 0.15) is 30.8 Å². The van der Waals surface area contributed by atoms with Crippen molar-refractivity contribution >= 4 is 0 Å². The maximum absolute atomic E-state index is 10.2. The van der Waals surface area contributed by atoms with Crippen LogP contribution in [-0.2, 0) is 6.54 Å². The lowest BCUT2D eigenvalue weighted by atomic mass is 10.1. The summed E-state index contributed by atoms with van der Waals surface area (Å²) in [4.78, 5) is 0. The van der Waals surface area contributed by atoms with Crippen LogP contribution in [0, 0.1) is 0 Å². The molecule has 1 aromatic carbocycles. The van der Waals surface area contributed by atoms with Crippen molar-refractivity contribution in [3.8, 4) is 17.0 Å². The highest BCUT2D eigenvalue weighted by Crippen LogP contribution is 2.24. The Morgan fingerprint density at radius 3 is 2.76 bits per heavy atom. The van der Waals surface area contributed by atoms with Crippen molar-refractivity contribution in [2.75, 3.05) is 7.11 Å². The lowest BCUT2D eigenvalue weighted by molar-refractivity contribution is 0.128. The van der Waals surface area contributed by atoms with Crippen LogP contribution in [0.25, 0.3) is 11.3 Å². The molecule has 3 N–H and O–H groups in total. The first-order chi connectivity index (χ1) is 12.2. The number of benzene rings is 1. The van der Waals surface area contributed by atoms with Gasteiger partial charge < -0.3 is 19.6 Å². The molecule has 132 valence electrons. The molecule has 6 nitrogen and oxygen atoms in total. The third-order valence-corrected chi connectivity index (χ3v) is 4.19. The molecule has 0 spiro atoms. The monoisotopic (exact) mass is 341 g/mol. The molecule has 2 unspecified atom stereocenters. The number of nitrogens with zero attached hydrogens (tertiary/aromatic N) is 1. The zero-order valence-corrected chi connectivity index (χ0v) is 14.4. The van der Waals surface area contributed by atoms with Gasteiger partial charge >= 0.3 is 0 Å². The highest BCUT2D eigenvalue weighted by atomic mass is 16.5. The minimum Gasteiger partial charge on any atom is -0.497 e. The molecule has 0 fully saturated rings. The Morgan fingerprint density at radius 2 is 2.08 bits per heavy atom. The fourth-order valence-corrected chi connectivity index (χ4v) is 2.75. The number of hydrogen-bond acceptors (Lipinski definition) is 5. The first-order valence-corrected chi connectivity index (χ1v) is 8.29. The van der Waals surface area contributed by atoms with Crippen molar-refractivity contribution in [3.05, 3.63) is 60.2 Å². The number of rotatable bonds is 8. The van der Waals surface area contributed by atoms with Crippen molar-refractivity contribution in [2.45, 2.75) is 32.0 Å². The summed E-state index contributed by atoms with van der Waals surface area (Å²) in [5.41, 5.74) is 3.11. The largest absolute Gasteiger partial charge is 0.497 e. The van der Waals surface area contributed by atoms with Crippen LogP contribution in [-0.4, -0.2) is 28.5 Å². The number of hydrogen-bond donors (Lipinski definition) is 3. The molecule has 25 heavy (non-hydrogen) atoms. The summed E-state index contributed by atoms with van der Waals surface area (Å²) in [6.45, 7) is 2.70. The Bertz CT molecular complexity index is 766. The van der Waals surface area contributed by atoms with Gasteiger partial charge in [0, 0.05) is 23.7 Å². The van der Waals surface area contributed by atoms with Crippen LogP contribution < -0.4 is 10.1 Å². The van der Waals surface area contributed by atoms with Crippen LogP contribution in [0.2, 0.25) is 0 Å². The summed E-state index contributed by atoms with van der Waals surface area (Å²) in [7, 11) is 1.65. The second-order valence-electron chi connectivity index (χ2n) is 6.05. The summed E-state index contributed by atoms with van der Waals surface area (Å²) in [6, 6.07) is 11.5. The number of nitrogens with one attached hydrogen (secondary N) is 2. The molecule has 0 radical (unpaired) electrons. The number of aromatic amines is 1. The average molecular weight is 341 g/mol. The smallest absolute Gasteiger partial charge is 0.132 e. The summed E-state index contributed by atoms with van der Waals surface area (Å²) >= 11 is 0. The third-order valence-electron chi connectivity index (χ3n) is 4.19. The lowest BCUT2D eigenvalue weighted by Gasteiger charge is -2.16. The van der Waals surface area contributed by atoms with Crippen LogP contribution >= 0.6 is 0 Å². The van der Waals surface area contributed by atoms with Crippen molar-refractivity contribution in [3.63, 3.8) is 0 Å². The van der Waals surface area contributed by atoms with Gasteiger partial charge in [0.15, 0.2) is 0 Å². The van der Waals surface area contributed by atoms with Crippen LogP contribution in [0.15, 0.2) is 53.3 Å². The van der Waals surface area contributed by atoms with Gasteiger partial charge in [0.25, 0.3) is 0 Å². The number of H-pyrrole nitrogens is 1. The van der Waals surface area contributed by atoms with E-state index in [2.05, 4.69) is 15.5 Å². The Balaban J connectivity index is 1.59. The summed E-state index contributed by atoms with van der Waals surface area (Å²) in [5.74, 6) is 1.42. The van der Waals surface area contributed by atoms with E-state index in [0.29, 0.717) is 18.7 Å². The number of methoxy groups -OCH3 is 1. The van der Waals surface area contributed by atoms with Crippen LogP contribution in [0.3, 0.4) is 0 Å². The fraction of sp³-hybridized carbons (Fsp3) is 0.316. The van der Waals surface area contributed by atoms with E-state index in [9.17, 15) is 5.11 Å². The van der Waals surface area contributed by atoms with Crippen molar-refractivity contribution < 1.29 is 14.3 Å². The van der Waals surface area contributed by atoms with Gasteiger partial charge in [-0.3, -0.25) is 5.10 Å². The molecule has 3 aromatic rings. The molecule has 2 atom stereocenters. The maximum atomic E-state index is 10.2. The molecule has 0 aliphatic heterocycles. The van der Waals surface area contributed by atoms with Gasteiger partial charge in [0.05, 0.1) is 25.3 Å². The van der Waals surface area contributed by atoms with Crippen LogP contribution in [0.4, 0.5) is 0 Å². The van der Waals surface area contributed by atoms with Gasteiger partial charge in [-0.05, 0) is 49.7 Å². The Morgan fingerprint density at radius 1 is 1.28 bits per heavy atom. The van der Waals surface area contributed by atoms with Gasteiger partial charge in [-0.25, -0.2) is 0 Å². The number of ether oxygens (including phenoxy) is 1. The molecule has 0 amide bonds. The van der Waals surface area contributed by atoms with E-state index in [0.717, 1.165) is 22.6 Å². The Kier molecular flexibility index (Phi) is 5.53. The third kappa shape index (κ3) is 4.29. The van der Waals surface area contributed by atoms with Gasteiger partial charge in [0.1, 0.15) is 17.6 Å².